The lowest BCUT2D eigenvalue weighted by Gasteiger charge is -2.13. The lowest BCUT2D eigenvalue weighted by molar-refractivity contribution is -0.120. The maximum absolute atomic E-state index is 13.3. The van der Waals surface area contributed by atoms with Crippen LogP contribution in [0.1, 0.15) is 25.7 Å². The van der Waals surface area contributed by atoms with Gasteiger partial charge in [-0.1, -0.05) is 12.8 Å². The summed E-state index contributed by atoms with van der Waals surface area (Å²) in [6, 6.07) is 3.47. The first-order chi connectivity index (χ1) is 8.65. The van der Waals surface area contributed by atoms with Crippen molar-refractivity contribution in [3.05, 3.63) is 29.8 Å². The Bertz CT molecular complexity index is 431. The monoisotopic (exact) mass is 254 g/mol. The van der Waals surface area contributed by atoms with E-state index in [1.807, 2.05) is 0 Å². The Morgan fingerprint density at radius 2 is 2.00 bits per heavy atom. The van der Waals surface area contributed by atoms with E-state index in [0.29, 0.717) is 0 Å². The van der Waals surface area contributed by atoms with Gasteiger partial charge < -0.3 is 10.6 Å². The van der Waals surface area contributed by atoms with Crippen molar-refractivity contribution in [3.8, 4) is 0 Å². The maximum Gasteiger partial charge on any atom is 0.239 e. The maximum atomic E-state index is 13.3. The zero-order valence-corrected chi connectivity index (χ0v) is 10.0. The number of hydrogen-bond acceptors (Lipinski definition) is 2. The molecule has 1 saturated carbocycles. The molecule has 1 amide bonds. The Kier molecular flexibility index (Phi) is 4.12. The van der Waals surface area contributed by atoms with Gasteiger partial charge in [0.05, 0.1) is 12.2 Å². The zero-order valence-electron chi connectivity index (χ0n) is 10.0. The molecule has 0 spiro atoms. The molecule has 0 radical (unpaired) electrons. The molecule has 18 heavy (non-hydrogen) atoms. The molecule has 0 unspecified atom stereocenters. The minimum absolute atomic E-state index is 0.000940. The van der Waals surface area contributed by atoms with Gasteiger partial charge in [0.1, 0.15) is 11.6 Å². The van der Waals surface area contributed by atoms with Gasteiger partial charge in [0, 0.05) is 12.1 Å². The molecule has 0 aromatic heterocycles. The van der Waals surface area contributed by atoms with E-state index in [2.05, 4.69) is 10.6 Å². The molecule has 0 heterocycles. The number of rotatable bonds is 4. The highest BCUT2D eigenvalue weighted by atomic mass is 19.1. The molecular formula is C13H16F2N2O. The third kappa shape index (κ3) is 3.42. The largest absolute Gasteiger partial charge is 0.374 e. The van der Waals surface area contributed by atoms with Gasteiger partial charge in [-0.05, 0) is 25.0 Å². The lowest BCUT2D eigenvalue weighted by atomic mass is 10.2. The first-order valence-electron chi connectivity index (χ1n) is 6.13. The molecule has 0 saturated heterocycles. The summed E-state index contributed by atoms with van der Waals surface area (Å²) in [4.78, 5) is 11.6. The predicted molar refractivity (Wildman–Crippen MR) is 65.2 cm³/mol. The summed E-state index contributed by atoms with van der Waals surface area (Å²) in [6.07, 6.45) is 4.31. The van der Waals surface area contributed by atoms with Gasteiger partial charge >= 0.3 is 0 Å². The van der Waals surface area contributed by atoms with E-state index in [1.54, 1.807) is 0 Å². The van der Waals surface area contributed by atoms with Crippen LogP contribution >= 0.6 is 0 Å². The first-order valence-corrected chi connectivity index (χ1v) is 6.13. The number of anilines is 1. The van der Waals surface area contributed by atoms with Crippen LogP contribution in [0.5, 0.6) is 0 Å². The molecule has 1 aliphatic carbocycles. The van der Waals surface area contributed by atoms with Crippen molar-refractivity contribution in [3.63, 3.8) is 0 Å². The molecule has 2 rings (SSSR count). The van der Waals surface area contributed by atoms with E-state index in [0.717, 1.165) is 37.8 Å². The zero-order chi connectivity index (χ0) is 13.0. The van der Waals surface area contributed by atoms with E-state index in [9.17, 15) is 13.6 Å². The van der Waals surface area contributed by atoms with Gasteiger partial charge in [-0.2, -0.15) is 0 Å². The number of halogens is 2. The van der Waals surface area contributed by atoms with Crippen LogP contribution in [-0.2, 0) is 4.79 Å². The molecule has 1 fully saturated rings. The second-order valence-electron chi connectivity index (χ2n) is 4.53. The van der Waals surface area contributed by atoms with Gasteiger partial charge in [-0.25, -0.2) is 8.78 Å². The summed E-state index contributed by atoms with van der Waals surface area (Å²) in [5, 5.41) is 5.54. The number of carbonyl (C=O) groups excluding carboxylic acids is 1. The highest BCUT2D eigenvalue weighted by molar-refractivity contribution is 5.81. The Labute approximate surface area is 105 Å². The normalized spacial score (nSPS) is 15.7. The van der Waals surface area contributed by atoms with Crippen LogP contribution in [0.15, 0.2) is 18.2 Å². The molecule has 3 nitrogen and oxygen atoms in total. The quantitative estimate of drug-likeness (QED) is 0.866. The van der Waals surface area contributed by atoms with Crippen LogP contribution in [0.4, 0.5) is 14.5 Å². The summed E-state index contributed by atoms with van der Waals surface area (Å²) in [5.74, 6) is -1.48. The van der Waals surface area contributed by atoms with Gasteiger partial charge in [0.15, 0.2) is 0 Å². The van der Waals surface area contributed by atoms with Gasteiger partial charge in [0.2, 0.25) is 5.91 Å². The molecular weight excluding hydrogens is 238 g/mol. The fourth-order valence-electron chi connectivity index (χ4n) is 2.16. The molecule has 0 atom stereocenters. The highest BCUT2D eigenvalue weighted by Crippen LogP contribution is 2.17. The number of carbonyl (C=O) groups is 1. The van der Waals surface area contributed by atoms with E-state index in [4.69, 9.17) is 0 Å². The summed E-state index contributed by atoms with van der Waals surface area (Å²) in [7, 11) is 0. The third-order valence-electron chi connectivity index (χ3n) is 3.09. The highest BCUT2D eigenvalue weighted by Gasteiger charge is 2.16. The summed E-state index contributed by atoms with van der Waals surface area (Å²) >= 11 is 0. The van der Waals surface area contributed by atoms with Gasteiger partial charge in [0.25, 0.3) is 0 Å². The molecule has 1 aromatic rings. The molecule has 1 aliphatic rings. The molecule has 0 bridgehead atoms. The SMILES string of the molecule is O=C(CNc1ccc(F)cc1F)NC1CCCC1. The summed E-state index contributed by atoms with van der Waals surface area (Å²) in [6.45, 7) is -0.000940. The van der Waals surface area contributed by atoms with Gasteiger partial charge in [-0.15, -0.1) is 0 Å². The molecule has 2 N–H and O–H groups in total. The number of hydrogen-bond donors (Lipinski definition) is 2. The fraction of sp³-hybridized carbons (Fsp3) is 0.462. The molecule has 5 heteroatoms. The standard InChI is InChI=1S/C13H16F2N2O/c14-9-5-6-12(11(15)7-9)16-8-13(18)17-10-3-1-2-4-10/h5-7,10,16H,1-4,8H2,(H,17,18). The lowest BCUT2D eigenvalue weighted by Crippen LogP contribution is -2.36. The smallest absolute Gasteiger partial charge is 0.239 e. The number of amides is 1. The Morgan fingerprint density at radius 3 is 2.67 bits per heavy atom. The minimum atomic E-state index is -0.691. The third-order valence-corrected chi connectivity index (χ3v) is 3.09. The Balaban J connectivity index is 1.81. The van der Waals surface area contributed by atoms with Crippen LogP contribution in [0.2, 0.25) is 0 Å². The predicted octanol–water partition coefficient (Wildman–Crippen LogP) is 2.44. The summed E-state index contributed by atoms with van der Waals surface area (Å²) in [5.41, 5.74) is 0.137. The van der Waals surface area contributed by atoms with Crippen LogP contribution < -0.4 is 10.6 Å². The van der Waals surface area contributed by atoms with Crippen molar-refractivity contribution >= 4 is 11.6 Å². The van der Waals surface area contributed by atoms with Crippen LogP contribution in [0.3, 0.4) is 0 Å². The topological polar surface area (TPSA) is 41.1 Å². The van der Waals surface area contributed by atoms with Crippen molar-refractivity contribution < 1.29 is 13.6 Å². The molecule has 1 aromatic carbocycles. The van der Waals surface area contributed by atoms with Crippen LogP contribution in [0.25, 0.3) is 0 Å². The average molecular weight is 254 g/mol. The van der Waals surface area contributed by atoms with E-state index in [1.165, 1.54) is 6.07 Å². The Hall–Kier alpha value is -1.65. The Morgan fingerprint density at radius 1 is 1.28 bits per heavy atom. The first kappa shape index (κ1) is 12.8. The van der Waals surface area contributed by atoms with Crippen molar-refractivity contribution in [2.45, 2.75) is 31.7 Å². The number of nitrogens with one attached hydrogen (secondary N) is 2. The van der Waals surface area contributed by atoms with Crippen LogP contribution in [0, 0.1) is 11.6 Å². The van der Waals surface area contributed by atoms with Gasteiger partial charge in [-0.3, -0.25) is 4.79 Å². The van der Waals surface area contributed by atoms with E-state index >= 15 is 0 Å². The molecule has 0 aliphatic heterocycles. The number of benzene rings is 1. The minimum Gasteiger partial charge on any atom is -0.374 e. The van der Waals surface area contributed by atoms with E-state index in [-0.39, 0.29) is 24.2 Å². The second-order valence-corrected chi connectivity index (χ2v) is 4.53. The van der Waals surface area contributed by atoms with Crippen molar-refractivity contribution in [1.29, 1.82) is 0 Å². The second kappa shape index (κ2) is 5.80. The van der Waals surface area contributed by atoms with Crippen LogP contribution in [-0.4, -0.2) is 18.5 Å². The van der Waals surface area contributed by atoms with Crippen molar-refractivity contribution in [2.24, 2.45) is 0 Å². The van der Waals surface area contributed by atoms with E-state index < -0.39 is 11.6 Å². The average Bonchev–Trinajstić information content (AvgIpc) is 2.80. The fourth-order valence-corrected chi connectivity index (χ4v) is 2.16. The van der Waals surface area contributed by atoms with Crippen molar-refractivity contribution in [2.75, 3.05) is 11.9 Å². The summed E-state index contributed by atoms with van der Waals surface area (Å²) < 4.78 is 25.9. The van der Waals surface area contributed by atoms with Crippen molar-refractivity contribution in [1.82, 2.24) is 5.32 Å². The molecule has 98 valence electrons.